The molecule has 1 atom stereocenters. The average Bonchev–Trinajstić information content (AvgIpc) is 2.87. The lowest BCUT2D eigenvalue weighted by Crippen LogP contribution is -2.43. The fraction of sp³-hybridized carbons (Fsp3) is 0.889. The molecule has 0 radical (unpaired) electrons. The van der Waals surface area contributed by atoms with Gasteiger partial charge in [0.15, 0.2) is 0 Å². The van der Waals surface area contributed by atoms with Crippen LogP contribution in [-0.2, 0) is 0 Å². The summed E-state index contributed by atoms with van der Waals surface area (Å²) < 4.78 is 0. The molecule has 0 heterocycles. The highest BCUT2D eigenvalue weighted by Crippen LogP contribution is 2.38. The molecule has 0 amide bonds. The number of rotatable bonds is 5. The highest BCUT2D eigenvalue weighted by atomic mass is 16.3. The summed E-state index contributed by atoms with van der Waals surface area (Å²) in [6.07, 6.45) is 3.05. The van der Waals surface area contributed by atoms with E-state index in [1.54, 1.807) is 0 Å². The monoisotopic (exact) mass is 168 g/mol. The van der Waals surface area contributed by atoms with Gasteiger partial charge >= 0.3 is 0 Å². The molecule has 1 rings (SSSR count). The standard InChI is InChI=1S/C9H16N2O/c1-9(7-10,8-3-4-8)11-5-2-6-12/h8,11-12H,2-6H2,1H3. The first kappa shape index (κ1) is 9.50. The summed E-state index contributed by atoms with van der Waals surface area (Å²) in [5, 5.41) is 20.7. The summed E-state index contributed by atoms with van der Waals surface area (Å²) >= 11 is 0. The quantitative estimate of drug-likeness (QED) is 0.593. The van der Waals surface area contributed by atoms with Crippen LogP contribution in [0.2, 0.25) is 0 Å². The van der Waals surface area contributed by atoms with Crippen LogP contribution in [0.4, 0.5) is 0 Å². The van der Waals surface area contributed by atoms with Gasteiger partial charge in [0.05, 0.1) is 6.07 Å². The smallest absolute Gasteiger partial charge is 0.106 e. The summed E-state index contributed by atoms with van der Waals surface area (Å²) in [6.45, 7) is 2.87. The van der Waals surface area contributed by atoms with Gasteiger partial charge in [-0.15, -0.1) is 0 Å². The first-order valence-corrected chi connectivity index (χ1v) is 4.50. The number of nitrogens with zero attached hydrogens (tertiary/aromatic N) is 1. The molecule has 1 aliphatic carbocycles. The summed E-state index contributed by atoms with van der Waals surface area (Å²) in [4.78, 5) is 0. The van der Waals surface area contributed by atoms with Crippen molar-refractivity contribution in [1.29, 1.82) is 5.26 Å². The zero-order valence-corrected chi connectivity index (χ0v) is 7.51. The van der Waals surface area contributed by atoms with E-state index in [4.69, 9.17) is 10.4 Å². The summed E-state index contributed by atoms with van der Waals surface area (Å²) in [6, 6.07) is 2.31. The van der Waals surface area contributed by atoms with Gasteiger partial charge in [-0.1, -0.05) is 0 Å². The molecule has 12 heavy (non-hydrogen) atoms. The first-order valence-electron chi connectivity index (χ1n) is 4.50. The van der Waals surface area contributed by atoms with E-state index < -0.39 is 0 Å². The Morgan fingerprint density at radius 3 is 2.75 bits per heavy atom. The molecule has 1 aliphatic rings. The highest BCUT2D eigenvalue weighted by Gasteiger charge is 2.41. The van der Waals surface area contributed by atoms with Crippen LogP contribution < -0.4 is 5.32 Å². The number of hydrogen-bond acceptors (Lipinski definition) is 3. The van der Waals surface area contributed by atoms with Crippen molar-refractivity contribution in [2.75, 3.05) is 13.2 Å². The molecule has 68 valence electrons. The van der Waals surface area contributed by atoms with Gasteiger partial charge in [0.2, 0.25) is 0 Å². The van der Waals surface area contributed by atoms with Crippen molar-refractivity contribution >= 4 is 0 Å². The van der Waals surface area contributed by atoms with E-state index >= 15 is 0 Å². The van der Waals surface area contributed by atoms with Crippen LogP contribution in [0.25, 0.3) is 0 Å². The van der Waals surface area contributed by atoms with Crippen LogP contribution in [0.15, 0.2) is 0 Å². The van der Waals surface area contributed by atoms with E-state index in [9.17, 15) is 0 Å². The van der Waals surface area contributed by atoms with Gasteiger partial charge in [-0.3, -0.25) is 5.32 Å². The molecular weight excluding hydrogens is 152 g/mol. The Labute approximate surface area is 73.4 Å². The minimum Gasteiger partial charge on any atom is -0.396 e. The molecule has 3 nitrogen and oxygen atoms in total. The normalized spacial score (nSPS) is 21.4. The lowest BCUT2D eigenvalue weighted by Gasteiger charge is -2.22. The Kier molecular flexibility index (Phi) is 3.07. The van der Waals surface area contributed by atoms with E-state index in [0.717, 1.165) is 25.8 Å². The number of hydrogen-bond donors (Lipinski definition) is 2. The van der Waals surface area contributed by atoms with Crippen molar-refractivity contribution in [2.24, 2.45) is 5.92 Å². The SMILES string of the molecule is CC(C#N)(NCCCO)C1CC1. The fourth-order valence-corrected chi connectivity index (χ4v) is 1.36. The third-order valence-electron chi connectivity index (χ3n) is 2.45. The van der Waals surface area contributed by atoms with Crippen LogP contribution in [0.5, 0.6) is 0 Å². The molecule has 1 unspecified atom stereocenters. The van der Waals surface area contributed by atoms with Gasteiger partial charge in [0.25, 0.3) is 0 Å². The Morgan fingerprint density at radius 2 is 2.33 bits per heavy atom. The van der Waals surface area contributed by atoms with Crippen molar-refractivity contribution in [3.63, 3.8) is 0 Å². The van der Waals surface area contributed by atoms with Crippen LogP contribution >= 0.6 is 0 Å². The number of nitriles is 1. The molecule has 2 N–H and O–H groups in total. The maximum Gasteiger partial charge on any atom is 0.106 e. The molecule has 0 bridgehead atoms. The minimum atomic E-state index is -0.352. The van der Waals surface area contributed by atoms with E-state index in [1.165, 1.54) is 0 Å². The molecule has 0 saturated heterocycles. The second-order valence-electron chi connectivity index (χ2n) is 3.59. The van der Waals surface area contributed by atoms with Crippen LogP contribution in [0.1, 0.15) is 26.2 Å². The minimum absolute atomic E-state index is 0.194. The van der Waals surface area contributed by atoms with Gasteiger partial charge in [-0.25, -0.2) is 0 Å². The molecule has 0 aromatic rings. The third kappa shape index (κ3) is 2.20. The predicted molar refractivity (Wildman–Crippen MR) is 46.4 cm³/mol. The van der Waals surface area contributed by atoms with Gasteiger partial charge in [0, 0.05) is 6.61 Å². The molecule has 0 aromatic heterocycles. The van der Waals surface area contributed by atoms with Crippen LogP contribution in [-0.4, -0.2) is 23.8 Å². The van der Waals surface area contributed by atoms with Crippen molar-refractivity contribution < 1.29 is 5.11 Å². The molecular formula is C9H16N2O. The van der Waals surface area contributed by atoms with E-state index in [2.05, 4.69) is 11.4 Å². The topological polar surface area (TPSA) is 56.0 Å². The van der Waals surface area contributed by atoms with Crippen molar-refractivity contribution in [3.8, 4) is 6.07 Å². The second-order valence-corrected chi connectivity index (χ2v) is 3.59. The molecule has 1 saturated carbocycles. The first-order chi connectivity index (χ1) is 5.73. The van der Waals surface area contributed by atoms with Gasteiger partial charge in [0.1, 0.15) is 5.54 Å². The van der Waals surface area contributed by atoms with Crippen molar-refractivity contribution in [2.45, 2.75) is 31.7 Å². The molecule has 1 fully saturated rings. The molecule has 0 aliphatic heterocycles. The van der Waals surface area contributed by atoms with E-state index in [1.807, 2.05) is 6.92 Å². The Morgan fingerprint density at radius 1 is 1.67 bits per heavy atom. The van der Waals surface area contributed by atoms with E-state index in [-0.39, 0.29) is 12.1 Å². The zero-order valence-electron chi connectivity index (χ0n) is 7.51. The lowest BCUT2D eigenvalue weighted by atomic mass is 9.98. The van der Waals surface area contributed by atoms with Crippen LogP contribution in [0, 0.1) is 17.2 Å². The second kappa shape index (κ2) is 3.88. The van der Waals surface area contributed by atoms with E-state index in [0.29, 0.717) is 5.92 Å². The molecule has 0 spiro atoms. The largest absolute Gasteiger partial charge is 0.396 e. The lowest BCUT2D eigenvalue weighted by molar-refractivity contribution is 0.276. The maximum absolute atomic E-state index is 8.92. The molecule has 0 aromatic carbocycles. The van der Waals surface area contributed by atoms with Gasteiger partial charge < -0.3 is 5.11 Å². The average molecular weight is 168 g/mol. The summed E-state index contributed by atoms with van der Waals surface area (Å²) in [7, 11) is 0. The molecule has 3 heteroatoms. The van der Waals surface area contributed by atoms with Crippen molar-refractivity contribution in [3.05, 3.63) is 0 Å². The number of aliphatic hydroxyl groups is 1. The highest BCUT2D eigenvalue weighted by molar-refractivity contribution is 5.12. The Hall–Kier alpha value is -0.590. The fourth-order valence-electron chi connectivity index (χ4n) is 1.36. The number of aliphatic hydroxyl groups excluding tert-OH is 1. The zero-order chi connectivity index (χ0) is 9.03. The van der Waals surface area contributed by atoms with Gasteiger partial charge in [-0.2, -0.15) is 5.26 Å². The summed E-state index contributed by atoms with van der Waals surface area (Å²) in [5.74, 6) is 0.529. The predicted octanol–water partition coefficient (Wildman–Crippen LogP) is 0.651. The summed E-state index contributed by atoms with van der Waals surface area (Å²) in [5.41, 5.74) is -0.352. The third-order valence-corrected chi connectivity index (χ3v) is 2.45. The Bertz CT molecular complexity index is 183. The maximum atomic E-state index is 8.92. The Balaban J connectivity index is 2.29. The number of nitrogens with one attached hydrogen (secondary N) is 1. The van der Waals surface area contributed by atoms with Gasteiger partial charge in [-0.05, 0) is 38.6 Å². The van der Waals surface area contributed by atoms with Crippen molar-refractivity contribution in [1.82, 2.24) is 5.32 Å². The van der Waals surface area contributed by atoms with Crippen LogP contribution in [0.3, 0.4) is 0 Å².